The largest absolute Gasteiger partial charge is 0.355 e. The van der Waals surface area contributed by atoms with Gasteiger partial charge in [-0.15, -0.1) is 11.8 Å². The minimum atomic E-state index is -0.478. The van der Waals surface area contributed by atoms with Gasteiger partial charge in [-0.1, -0.05) is 54.9 Å². The number of rotatable bonds is 10. The van der Waals surface area contributed by atoms with E-state index in [2.05, 4.69) is 5.32 Å². The van der Waals surface area contributed by atoms with Crippen molar-refractivity contribution in [2.24, 2.45) is 0 Å². The van der Waals surface area contributed by atoms with E-state index in [0.29, 0.717) is 36.0 Å². The lowest BCUT2D eigenvalue weighted by atomic mass is 10.1. The van der Waals surface area contributed by atoms with Crippen LogP contribution in [0.1, 0.15) is 37.0 Å². The summed E-state index contributed by atoms with van der Waals surface area (Å²) in [5.74, 6) is 0.881. The van der Waals surface area contributed by atoms with Crippen molar-refractivity contribution in [1.82, 2.24) is 10.2 Å². The molecule has 1 atom stereocenters. The molecule has 0 aliphatic heterocycles. The summed E-state index contributed by atoms with van der Waals surface area (Å²) in [5.41, 5.74) is 3.25. The molecule has 0 heterocycles. The van der Waals surface area contributed by atoms with Crippen LogP contribution in [0.25, 0.3) is 0 Å². The Morgan fingerprint density at radius 2 is 1.90 bits per heavy atom. The van der Waals surface area contributed by atoms with Gasteiger partial charge in [0.25, 0.3) is 0 Å². The summed E-state index contributed by atoms with van der Waals surface area (Å²) in [5, 5.41) is 3.56. The van der Waals surface area contributed by atoms with E-state index in [9.17, 15) is 9.59 Å². The number of likely N-dealkylation sites (N-methyl/N-ethyl adjacent to an activating group) is 1. The highest BCUT2D eigenvalue weighted by molar-refractivity contribution is 7.99. The SMILES string of the molecule is CCNC(=O)C(CC)N(Cc1ccccc1C)C(=O)CSCc1cccc(Cl)c1. The van der Waals surface area contributed by atoms with Crippen molar-refractivity contribution < 1.29 is 9.59 Å². The number of amides is 2. The Labute approximate surface area is 183 Å². The number of carbonyl (C=O) groups is 2. The van der Waals surface area contributed by atoms with Crippen LogP contribution in [0.2, 0.25) is 5.02 Å². The molecule has 0 bridgehead atoms. The minimum absolute atomic E-state index is 0.0293. The zero-order chi connectivity index (χ0) is 21.2. The Morgan fingerprint density at radius 3 is 2.55 bits per heavy atom. The van der Waals surface area contributed by atoms with Crippen LogP contribution in [-0.4, -0.2) is 35.1 Å². The van der Waals surface area contributed by atoms with Crippen molar-refractivity contribution in [3.05, 3.63) is 70.2 Å². The number of thioether (sulfide) groups is 1. The molecule has 2 aromatic rings. The van der Waals surface area contributed by atoms with Crippen LogP contribution in [0.15, 0.2) is 48.5 Å². The molecule has 0 saturated heterocycles. The normalized spacial score (nSPS) is 11.7. The Bertz CT molecular complexity index is 828. The first-order valence-electron chi connectivity index (χ1n) is 9.90. The molecule has 156 valence electrons. The molecule has 0 saturated carbocycles. The first-order valence-corrected chi connectivity index (χ1v) is 11.4. The highest BCUT2D eigenvalue weighted by atomic mass is 35.5. The van der Waals surface area contributed by atoms with Gasteiger partial charge in [-0.05, 0) is 49.1 Å². The standard InChI is InChI=1S/C23H29ClN2O2S/c1-4-21(23(28)25-5-2)26(14-19-11-7-6-9-17(19)3)22(27)16-29-15-18-10-8-12-20(24)13-18/h6-13,21H,4-5,14-16H2,1-3H3,(H,25,28). The van der Waals surface area contributed by atoms with Gasteiger partial charge < -0.3 is 10.2 Å². The van der Waals surface area contributed by atoms with E-state index in [1.165, 1.54) is 11.8 Å². The molecule has 0 aliphatic rings. The van der Waals surface area contributed by atoms with Crippen LogP contribution < -0.4 is 5.32 Å². The molecule has 0 radical (unpaired) electrons. The fourth-order valence-corrected chi connectivity index (χ4v) is 4.22. The Morgan fingerprint density at radius 1 is 1.14 bits per heavy atom. The van der Waals surface area contributed by atoms with Gasteiger partial charge in [0.05, 0.1) is 5.75 Å². The molecule has 2 aromatic carbocycles. The minimum Gasteiger partial charge on any atom is -0.355 e. The maximum Gasteiger partial charge on any atom is 0.242 e. The quantitative estimate of drug-likeness (QED) is 0.585. The number of benzene rings is 2. The first kappa shape index (κ1) is 23.3. The molecule has 0 aliphatic carbocycles. The smallest absolute Gasteiger partial charge is 0.242 e. The zero-order valence-electron chi connectivity index (χ0n) is 17.3. The van der Waals surface area contributed by atoms with E-state index in [1.54, 1.807) is 4.90 Å². The molecule has 29 heavy (non-hydrogen) atoms. The van der Waals surface area contributed by atoms with Gasteiger partial charge in [-0.3, -0.25) is 9.59 Å². The summed E-state index contributed by atoms with van der Waals surface area (Å²) in [6.45, 7) is 6.83. The van der Waals surface area contributed by atoms with Crippen molar-refractivity contribution in [2.45, 2.75) is 45.5 Å². The van der Waals surface area contributed by atoms with E-state index in [4.69, 9.17) is 11.6 Å². The Hall–Kier alpha value is -1.98. The second-order valence-corrected chi connectivity index (χ2v) is 8.31. The summed E-state index contributed by atoms with van der Waals surface area (Å²) in [7, 11) is 0. The molecule has 4 nitrogen and oxygen atoms in total. The average Bonchev–Trinajstić information content (AvgIpc) is 2.69. The summed E-state index contributed by atoms with van der Waals surface area (Å²) >= 11 is 7.58. The Kier molecular flexibility index (Phi) is 9.55. The monoisotopic (exact) mass is 432 g/mol. The number of halogens is 1. The van der Waals surface area contributed by atoms with Crippen molar-refractivity contribution >= 4 is 35.2 Å². The van der Waals surface area contributed by atoms with E-state index in [1.807, 2.05) is 69.3 Å². The van der Waals surface area contributed by atoms with Gasteiger partial charge in [0, 0.05) is 23.9 Å². The molecular formula is C23H29ClN2O2S. The summed E-state index contributed by atoms with van der Waals surface area (Å²) in [4.78, 5) is 27.4. The summed E-state index contributed by atoms with van der Waals surface area (Å²) in [6.07, 6.45) is 0.572. The van der Waals surface area contributed by atoms with Gasteiger partial charge >= 0.3 is 0 Å². The molecule has 0 aromatic heterocycles. The van der Waals surface area contributed by atoms with Crippen molar-refractivity contribution in [1.29, 1.82) is 0 Å². The fraction of sp³-hybridized carbons (Fsp3) is 0.391. The third-order valence-electron chi connectivity index (χ3n) is 4.72. The van der Waals surface area contributed by atoms with E-state index in [-0.39, 0.29) is 11.8 Å². The van der Waals surface area contributed by atoms with Crippen molar-refractivity contribution in [2.75, 3.05) is 12.3 Å². The predicted molar refractivity (Wildman–Crippen MR) is 122 cm³/mol. The Balaban J connectivity index is 2.12. The van der Waals surface area contributed by atoms with Crippen LogP contribution in [0.5, 0.6) is 0 Å². The third kappa shape index (κ3) is 7.09. The number of hydrogen-bond donors (Lipinski definition) is 1. The lowest BCUT2D eigenvalue weighted by Crippen LogP contribution is -2.49. The number of nitrogens with one attached hydrogen (secondary N) is 1. The second kappa shape index (κ2) is 11.9. The second-order valence-electron chi connectivity index (χ2n) is 6.89. The molecule has 1 unspecified atom stereocenters. The molecular weight excluding hydrogens is 404 g/mol. The van der Waals surface area contributed by atoms with Gasteiger partial charge in [0.1, 0.15) is 6.04 Å². The van der Waals surface area contributed by atoms with Crippen LogP contribution in [0, 0.1) is 6.92 Å². The van der Waals surface area contributed by atoms with Gasteiger partial charge in [0.2, 0.25) is 11.8 Å². The van der Waals surface area contributed by atoms with Crippen LogP contribution >= 0.6 is 23.4 Å². The maximum absolute atomic E-state index is 13.1. The lowest BCUT2D eigenvalue weighted by Gasteiger charge is -2.31. The van der Waals surface area contributed by atoms with Gasteiger partial charge in [-0.25, -0.2) is 0 Å². The topological polar surface area (TPSA) is 49.4 Å². The summed E-state index contributed by atoms with van der Waals surface area (Å²) in [6, 6.07) is 15.2. The first-order chi connectivity index (χ1) is 14.0. The maximum atomic E-state index is 13.1. The number of aryl methyl sites for hydroxylation is 1. The molecule has 0 fully saturated rings. The van der Waals surface area contributed by atoms with Gasteiger partial charge in [0.15, 0.2) is 0 Å². The predicted octanol–water partition coefficient (Wildman–Crippen LogP) is 4.83. The van der Waals surface area contributed by atoms with Gasteiger partial charge in [-0.2, -0.15) is 0 Å². The molecule has 1 N–H and O–H groups in total. The van der Waals surface area contributed by atoms with Crippen molar-refractivity contribution in [3.63, 3.8) is 0 Å². The fourth-order valence-electron chi connectivity index (χ4n) is 3.15. The van der Waals surface area contributed by atoms with Crippen LogP contribution in [0.4, 0.5) is 0 Å². The van der Waals surface area contributed by atoms with Crippen LogP contribution in [0.3, 0.4) is 0 Å². The third-order valence-corrected chi connectivity index (χ3v) is 5.95. The molecule has 2 amide bonds. The molecule has 6 heteroatoms. The number of nitrogens with zero attached hydrogens (tertiary/aromatic N) is 1. The number of hydrogen-bond acceptors (Lipinski definition) is 3. The summed E-state index contributed by atoms with van der Waals surface area (Å²) < 4.78 is 0. The van der Waals surface area contributed by atoms with E-state index >= 15 is 0 Å². The highest BCUT2D eigenvalue weighted by Gasteiger charge is 2.28. The van der Waals surface area contributed by atoms with Crippen LogP contribution in [-0.2, 0) is 21.9 Å². The lowest BCUT2D eigenvalue weighted by molar-refractivity contribution is -0.139. The zero-order valence-corrected chi connectivity index (χ0v) is 18.9. The number of carbonyl (C=O) groups excluding carboxylic acids is 2. The molecule has 2 rings (SSSR count). The van der Waals surface area contributed by atoms with Crippen molar-refractivity contribution in [3.8, 4) is 0 Å². The van der Waals surface area contributed by atoms with E-state index < -0.39 is 6.04 Å². The highest BCUT2D eigenvalue weighted by Crippen LogP contribution is 2.20. The van der Waals surface area contributed by atoms with E-state index in [0.717, 1.165) is 16.7 Å². The molecule has 0 spiro atoms. The average molecular weight is 433 g/mol.